The molecule has 0 radical (unpaired) electrons. The second-order valence-corrected chi connectivity index (χ2v) is 3.24. The Morgan fingerprint density at radius 3 is 3.17 bits per heavy atom. The lowest BCUT2D eigenvalue weighted by Crippen LogP contribution is -2.30. The highest BCUT2D eigenvalue weighted by Gasteiger charge is 2.15. The fourth-order valence-corrected chi connectivity index (χ4v) is 1.59. The lowest BCUT2D eigenvalue weighted by molar-refractivity contribution is 0.463. The standard InChI is InChI=1S/C8H13N3.ClH/c1-6-5-11-3-2-7(9)4-8(11)10-6;/h5,7H,2-4,9H2,1H3;1H. The minimum atomic E-state index is 0. The van der Waals surface area contributed by atoms with E-state index in [1.54, 1.807) is 0 Å². The minimum Gasteiger partial charge on any atom is -0.335 e. The highest BCUT2D eigenvalue weighted by Crippen LogP contribution is 2.13. The van der Waals surface area contributed by atoms with E-state index < -0.39 is 0 Å². The average molecular weight is 188 g/mol. The molecule has 0 aliphatic carbocycles. The molecule has 0 spiro atoms. The van der Waals surface area contributed by atoms with Gasteiger partial charge in [0.2, 0.25) is 0 Å². The monoisotopic (exact) mass is 187 g/mol. The summed E-state index contributed by atoms with van der Waals surface area (Å²) in [6.07, 6.45) is 4.12. The van der Waals surface area contributed by atoms with Gasteiger partial charge in [-0.25, -0.2) is 4.98 Å². The van der Waals surface area contributed by atoms with Crippen LogP contribution in [-0.4, -0.2) is 15.6 Å². The summed E-state index contributed by atoms with van der Waals surface area (Å²) in [6.45, 7) is 3.06. The summed E-state index contributed by atoms with van der Waals surface area (Å²) in [5.41, 5.74) is 6.91. The molecular formula is C8H14ClN3. The van der Waals surface area contributed by atoms with Gasteiger partial charge in [-0.2, -0.15) is 0 Å². The zero-order valence-electron chi connectivity index (χ0n) is 7.16. The van der Waals surface area contributed by atoms with Crippen LogP contribution in [0.5, 0.6) is 0 Å². The van der Waals surface area contributed by atoms with Crippen LogP contribution in [0.25, 0.3) is 0 Å². The van der Waals surface area contributed by atoms with Gasteiger partial charge in [-0.05, 0) is 13.3 Å². The first kappa shape index (κ1) is 9.55. The second-order valence-electron chi connectivity index (χ2n) is 3.24. The second kappa shape index (κ2) is 3.46. The molecule has 0 saturated carbocycles. The Morgan fingerprint density at radius 1 is 1.67 bits per heavy atom. The molecule has 4 heteroatoms. The van der Waals surface area contributed by atoms with Crippen molar-refractivity contribution in [2.45, 2.75) is 32.4 Å². The van der Waals surface area contributed by atoms with Gasteiger partial charge in [-0.3, -0.25) is 0 Å². The zero-order chi connectivity index (χ0) is 7.84. The van der Waals surface area contributed by atoms with Gasteiger partial charge in [0, 0.05) is 25.2 Å². The van der Waals surface area contributed by atoms with Crippen LogP contribution in [0.3, 0.4) is 0 Å². The Hall–Kier alpha value is -0.540. The van der Waals surface area contributed by atoms with Crippen molar-refractivity contribution in [1.29, 1.82) is 0 Å². The summed E-state index contributed by atoms with van der Waals surface area (Å²) >= 11 is 0. The number of hydrogen-bond donors (Lipinski definition) is 1. The molecule has 1 aromatic rings. The van der Waals surface area contributed by atoms with E-state index in [1.807, 2.05) is 6.92 Å². The molecule has 2 N–H and O–H groups in total. The fraction of sp³-hybridized carbons (Fsp3) is 0.625. The molecule has 12 heavy (non-hydrogen) atoms. The largest absolute Gasteiger partial charge is 0.335 e. The number of rotatable bonds is 0. The van der Waals surface area contributed by atoms with Crippen molar-refractivity contribution in [1.82, 2.24) is 9.55 Å². The third kappa shape index (κ3) is 1.62. The van der Waals surface area contributed by atoms with E-state index in [4.69, 9.17) is 5.73 Å². The Morgan fingerprint density at radius 2 is 2.42 bits per heavy atom. The van der Waals surface area contributed by atoms with Gasteiger partial charge in [0.15, 0.2) is 0 Å². The number of hydrogen-bond acceptors (Lipinski definition) is 2. The van der Waals surface area contributed by atoms with E-state index in [1.165, 1.54) is 0 Å². The van der Waals surface area contributed by atoms with Crippen LogP contribution in [0.4, 0.5) is 0 Å². The predicted molar refractivity (Wildman–Crippen MR) is 50.5 cm³/mol. The molecular weight excluding hydrogens is 174 g/mol. The third-order valence-corrected chi connectivity index (χ3v) is 2.17. The molecule has 1 atom stereocenters. The number of fused-ring (bicyclic) bond motifs is 1. The van der Waals surface area contributed by atoms with E-state index in [0.29, 0.717) is 6.04 Å². The fourth-order valence-electron chi connectivity index (χ4n) is 1.59. The summed E-state index contributed by atoms with van der Waals surface area (Å²) in [4.78, 5) is 4.38. The Balaban J connectivity index is 0.000000720. The summed E-state index contributed by atoms with van der Waals surface area (Å²) in [6, 6.07) is 0.323. The van der Waals surface area contributed by atoms with Crippen LogP contribution in [-0.2, 0) is 13.0 Å². The maximum absolute atomic E-state index is 5.81. The van der Waals surface area contributed by atoms with E-state index in [9.17, 15) is 0 Å². The summed E-state index contributed by atoms with van der Waals surface area (Å²) in [7, 11) is 0. The van der Waals surface area contributed by atoms with Gasteiger partial charge >= 0.3 is 0 Å². The molecule has 2 rings (SSSR count). The molecule has 1 aliphatic rings. The molecule has 1 unspecified atom stereocenters. The Kier molecular flexibility index (Phi) is 2.75. The number of halogens is 1. The molecule has 1 aliphatic heterocycles. The van der Waals surface area contributed by atoms with Gasteiger partial charge in [0.1, 0.15) is 5.82 Å². The first-order valence-electron chi connectivity index (χ1n) is 4.04. The molecule has 1 aromatic heterocycles. The van der Waals surface area contributed by atoms with Gasteiger partial charge in [-0.1, -0.05) is 0 Å². The molecule has 68 valence electrons. The van der Waals surface area contributed by atoms with Crippen molar-refractivity contribution < 1.29 is 0 Å². The number of imidazole rings is 1. The van der Waals surface area contributed by atoms with E-state index in [2.05, 4.69) is 15.7 Å². The minimum absolute atomic E-state index is 0. The van der Waals surface area contributed by atoms with Gasteiger partial charge < -0.3 is 10.3 Å². The van der Waals surface area contributed by atoms with E-state index in [0.717, 1.165) is 30.9 Å². The van der Waals surface area contributed by atoms with Gasteiger partial charge in [-0.15, -0.1) is 12.4 Å². The Labute approximate surface area is 78.4 Å². The smallest absolute Gasteiger partial charge is 0.110 e. The van der Waals surface area contributed by atoms with Crippen LogP contribution in [0, 0.1) is 6.92 Å². The molecule has 3 nitrogen and oxygen atoms in total. The van der Waals surface area contributed by atoms with Crippen LogP contribution in [0.2, 0.25) is 0 Å². The Bertz CT molecular complexity index is 269. The summed E-state index contributed by atoms with van der Waals surface area (Å²) in [5.74, 6) is 1.15. The van der Waals surface area contributed by atoms with Crippen LogP contribution < -0.4 is 5.73 Å². The highest BCUT2D eigenvalue weighted by molar-refractivity contribution is 5.85. The molecule has 0 saturated heterocycles. The number of aryl methyl sites for hydroxylation is 2. The number of aromatic nitrogens is 2. The van der Waals surface area contributed by atoms with Crippen molar-refractivity contribution in [2.24, 2.45) is 5.73 Å². The van der Waals surface area contributed by atoms with Crippen molar-refractivity contribution in [2.75, 3.05) is 0 Å². The highest BCUT2D eigenvalue weighted by atomic mass is 35.5. The van der Waals surface area contributed by atoms with Gasteiger partial charge in [0.05, 0.1) is 5.69 Å². The molecule has 0 bridgehead atoms. The number of nitrogens with two attached hydrogens (primary N) is 1. The summed E-state index contributed by atoms with van der Waals surface area (Å²) in [5, 5.41) is 0. The van der Waals surface area contributed by atoms with E-state index in [-0.39, 0.29) is 12.4 Å². The first-order chi connectivity index (χ1) is 5.25. The summed E-state index contributed by atoms with van der Waals surface area (Å²) < 4.78 is 2.21. The van der Waals surface area contributed by atoms with Crippen molar-refractivity contribution >= 4 is 12.4 Å². The lowest BCUT2D eigenvalue weighted by atomic mass is 10.1. The molecule has 2 heterocycles. The van der Waals surface area contributed by atoms with Gasteiger partial charge in [0.25, 0.3) is 0 Å². The van der Waals surface area contributed by atoms with Crippen molar-refractivity contribution in [3.63, 3.8) is 0 Å². The van der Waals surface area contributed by atoms with Crippen LogP contribution in [0.1, 0.15) is 17.9 Å². The third-order valence-electron chi connectivity index (χ3n) is 2.17. The maximum Gasteiger partial charge on any atom is 0.110 e. The van der Waals surface area contributed by atoms with Crippen LogP contribution in [0.15, 0.2) is 6.20 Å². The van der Waals surface area contributed by atoms with Crippen LogP contribution >= 0.6 is 12.4 Å². The average Bonchev–Trinajstić information content (AvgIpc) is 2.27. The zero-order valence-corrected chi connectivity index (χ0v) is 7.97. The predicted octanol–water partition coefficient (Wildman–Crippen LogP) is 0.887. The van der Waals surface area contributed by atoms with Crippen molar-refractivity contribution in [3.05, 3.63) is 17.7 Å². The first-order valence-corrected chi connectivity index (χ1v) is 4.04. The topological polar surface area (TPSA) is 43.8 Å². The SMILES string of the molecule is Cc1cn2c(n1)CC(N)CC2.Cl. The quantitative estimate of drug-likeness (QED) is 0.656. The lowest BCUT2D eigenvalue weighted by Gasteiger charge is -2.18. The van der Waals surface area contributed by atoms with E-state index >= 15 is 0 Å². The van der Waals surface area contributed by atoms with Crippen molar-refractivity contribution in [3.8, 4) is 0 Å². The molecule has 0 aromatic carbocycles. The molecule has 0 fully saturated rings. The maximum atomic E-state index is 5.81. The normalized spacial score (nSPS) is 21.3. The molecule has 0 amide bonds. The number of nitrogens with zero attached hydrogens (tertiary/aromatic N) is 2.